The summed E-state index contributed by atoms with van der Waals surface area (Å²) in [5, 5.41) is 3.59. The van der Waals surface area contributed by atoms with Gasteiger partial charge in [-0.2, -0.15) is 0 Å². The predicted molar refractivity (Wildman–Crippen MR) is 122 cm³/mol. The van der Waals surface area contributed by atoms with Gasteiger partial charge in [-0.25, -0.2) is 0 Å². The molecule has 0 radical (unpaired) electrons. The molecule has 1 aliphatic heterocycles. The van der Waals surface area contributed by atoms with Gasteiger partial charge in [0.25, 0.3) is 0 Å². The Bertz CT molecular complexity index is 1050. The summed E-state index contributed by atoms with van der Waals surface area (Å²) in [6.07, 6.45) is 4.99. The molecule has 3 aromatic rings. The van der Waals surface area contributed by atoms with Gasteiger partial charge in [0.2, 0.25) is 11.8 Å². The van der Waals surface area contributed by atoms with Crippen LogP contribution in [0.25, 0.3) is 11.1 Å². The Kier molecular flexibility index (Phi) is 6.63. The first-order valence-electron chi connectivity index (χ1n) is 10.4. The van der Waals surface area contributed by atoms with Crippen molar-refractivity contribution in [3.05, 3.63) is 89.2 Å². The quantitative estimate of drug-likeness (QED) is 0.641. The lowest BCUT2D eigenvalue weighted by Crippen LogP contribution is -2.58. The van der Waals surface area contributed by atoms with Crippen molar-refractivity contribution in [1.82, 2.24) is 15.2 Å². The first kappa shape index (κ1) is 21.1. The Balaban J connectivity index is 1.51. The van der Waals surface area contributed by atoms with Crippen LogP contribution >= 0.6 is 11.6 Å². The van der Waals surface area contributed by atoms with Crippen molar-refractivity contribution in [1.29, 1.82) is 0 Å². The number of amides is 2. The maximum Gasteiger partial charge on any atom is 0.243 e. The van der Waals surface area contributed by atoms with E-state index in [2.05, 4.69) is 10.3 Å². The molecule has 0 aliphatic carbocycles. The monoisotopic (exact) mass is 433 g/mol. The van der Waals surface area contributed by atoms with Gasteiger partial charge in [0, 0.05) is 48.9 Å². The Morgan fingerprint density at radius 3 is 2.68 bits per heavy atom. The number of halogens is 1. The van der Waals surface area contributed by atoms with E-state index in [1.165, 1.54) is 0 Å². The maximum atomic E-state index is 13.0. The highest BCUT2D eigenvalue weighted by atomic mass is 35.5. The topological polar surface area (TPSA) is 62.3 Å². The molecule has 1 atom stereocenters. The van der Waals surface area contributed by atoms with E-state index in [-0.39, 0.29) is 11.8 Å². The van der Waals surface area contributed by atoms with Crippen molar-refractivity contribution in [3.63, 3.8) is 0 Å². The molecule has 158 valence electrons. The summed E-state index contributed by atoms with van der Waals surface area (Å²) >= 11 is 5.94. The normalized spacial score (nSPS) is 16.1. The Labute approximate surface area is 187 Å². The number of rotatable bonds is 6. The molecule has 1 aromatic heterocycles. The van der Waals surface area contributed by atoms with Crippen molar-refractivity contribution in [3.8, 4) is 11.1 Å². The molecular weight excluding hydrogens is 410 g/mol. The lowest BCUT2D eigenvalue weighted by Gasteiger charge is -2.35. The number of nitrogens with zero attached hydrogens (tertiary/aromatic N) is 2. The minimum absolute atomic E-state index is 0.00587. The van der Waals surface area contributed by atoms with Crippen molar-refractivity contribution in [2.75, 3.05) is 13.1 Å². The van der Waals surface area contributed by atoms with Gasteiger partial charge >= 0.3 is 0 Å². The van der Waals surface area contributed by atoms with E-state index in [0.717, 1.165) is 22.3 Å². The third kappa shape index (κ3) is 5.12. The van der Waals surface area contributed by atoms with E-state index >= 15 is 0 Å². The molecule has 1 aliphatic rings. The first-order valence-corrected chi connectivity index (χ1v) is 10.8. The molecule has 6 heteroatoms. The van der Waals surface area contributed by atoms with Gasteiger partial charge in [0.05, 0.1) is 0 Å². The van der Waals surface area contributed by atoms with E-state index in [4.69, 9.17) is 11.6 Å². The average molecular weight is 434 g/mol. The second-order valence-electron chi connectivity index (χ2n) is 7.62. The van der Waals surface area contributed by atoms with Gasteiger partial charge in [-0.1, -0.05) is 54.1 Å². The van der Waals surface area contributed by atoms with Crippen molar-refractivity contribution in [2.45, 2.75) is 25.3 Å². The molecule has 2 heterocycles. The van der Waals surface area contributed by atoms with E-state index < -0.39 is 6.04 Å². The zero-order valence-corrected chi connectivity index (χ0v) is 17.9. The highest BCUT2D eigenvalue weighted by Gasteiger charge is 2.33. The third-order valence-electron chi connectivity index (χ3n) is 5.60. The second-order valence-corrected chi connectivity index (χ2v) is 8.06. The fourth-order valence-corrected chi connectivity index (χ4v) is 4.10. The summed E-state index contributed by atoms with van der Waals surface area (Å²) in [7, 11) is 0. The van der Waals surface area contributed by atoms with Crippen LogP contribution in [-0.4, -0.2) is 40.8 Å². The number of nitrogens with one attached hydrogen (secondary N) is 1. The average Bonchev–Trinajstić information content (AvgIpc) is 2.81. The molecular formula is C25H24ClN3O2. The van der Waals surface area contributed by atoms with Gasteiger partial charge in [-0.15, -0.1) is 0 Å². The Hall–Kier alpha value is -3.18. The predicted octanol–water partition coefficient (Wildman–Crippen LogP) is 3.90. The number of carbonyl (C=O) groups is 2. The van der Waals surface area contributed by atoms with Gasteiger partial charge in [-0.3, -0.25) is 14.6 Å². The first-order chi connectivity index (χ1) is 15.1. The van der Waals surface area contributed by atoms with E-state index in [1.807, 2.05) is 66.9 Å². The summed E-state index contributed by atoms with van der Waals surface area (Å²) in [6.45, 7) is 0.997. The van der Waals surface area contributed by atoms with Crippen LogP contribution in [0.15, 0.2) is 73.1 Å². The van der Waals surface area contributed by atoms with Crippen molar-refractivity contribution < 1.29 is 9.59 Å². The summed E-state index contributed by atoms with van der Waals surface area (Å²) in [5.41, 5.74) is 4.10. The molecule has 0 bridgehead atoms. The molecule has 0 spiro atoms. The zero-order chi connectivity index (χ0) is 21.6. The number of hydrogen-bond acceptors (Lipinski definition) is 3. The molecule has 4 rings (SSSR count). The fraction of sp³-hybridized carbons (Fsp3) is 0.240. The van der Waals surface area contributed by atoms with Gasteiger partial charge < -0.3 is 10.2 Å². The SMILES string of the molecule is O=C1NCCN(C(=O)CCc2ccc(Cl)cc2)C1Cc1ccccc1-c1cccnc1. The van der Waals surface area contributed by atoms with Crippen LogP contribution < -0.4 is 5.32 Å². The van der Waals surface area contributed by atoms with Crippen molar-refractivity contribution in [2.24, 2.45) is 0 Å². The Morgan fingerprint density at radius 1 is 1.10 bits per heavy atom. The second kappa shape index (κ2) is 9.75. The minimum Gasteiger partial charge on any atom is -0.353 e. The zero-order valence-electron chi connectivity index (χ0n) is 17.1. The van der Waals surface area contributed by atoms with Crippen LogP contribution in [0.3, 0.4) is 0 Å². The van der Waals surface area contributed by atoms with Gasteiger partial charge in [0.15, 0.2) is 0 Å². The van der Waals surface area contributed by atoms with Crippen LogP contribution in [0, 0.1) is 0 Å². The number of carbonyl (C=O) groups excluding carboxylic acids is 2. The fourth-order valence-electron chi connectivity index (χ4n) is 3.97. The standard InChI is InChI=1S/C25H24ClN3O2/c26-21-10-7-18(8-11-21)9-12-24(30)29-15-14-28-25(31)23(29)16-19-4-1-2-6-22(19)20-5-3-13-27-17-20/h1-8,10-11,13,17,23H,9,12,14-16H2,(H,28,31). The molecule has 0 saturated carbocycles. The molecule has 5 nitrogen and oxygen atoms in total. The molecule has 1 fully saturated rings. The summed E-state index contributed by atoms with van der Waals surface area (Å²) in [5.74, 6) is -0.110. The van der Waals surface area contributed by atoms with E-state index in [9.17, 15) is 9.59 Å². The van der Waals surface area contributed by atoms with Gasteiger partial charge in [-0.05, 0) is 41.3 Å². The molecule has 2 aromatic carbocycles. The van der Waals surface area contributed by atoms with Crippen LogP contribution in [0.4, 0.5) is 0 Å². The van der Waals surface area contributed by atoms with Crippen LogP contribution in [0.2, 0.25) is 5.02 Å². The number of hydrogen-bond donors (Lipinski definition) is 1. The summed E-state index contributed by atoms with van der Waals surface area (Å²) < 4.78 is 0. The number of benzene rings is 2. The van der Waals surface area contributed by atoms with Gasteiger partial charge in [0.1, 0.15) is 6.04 Å². The largest absolute Gasteiger partial charge is 0.353 e. The van der Waals surface area contributed by atoms with Crippen LogP contribution in [-0.2, 0) is 22.4 Å². The van der Waals surface area contributed by atoms with E-state index in [0.29, 0.717) is 37.4 Å². The van der Waals surface area contributed by atoms with E-state index in [1.54, 1.807) is 11.1 Å². The number of pyridine rings is 1. The molecule has 1 saturated heterocycles. The lowest BCUT2D eigenvalue weighted by molar-refractivity contribution is -0.143. The number of piperazine rings is 1. The van der Waals surface area contributed by atoms with Crippen LogP contribution in [0.1, 0.15) is 17.5 Å². The minimum atomic E-state index is -0.524. The Morgan fingerprint density at radius 2 is 1.90 bits per heavy atom. The summed E-state index contributed by atoms with van der Waals surface area (Å²) in [4.78, 5) is 31.7. The molecule has 31 heavy (non-hydrogen) atoms. The number of aryl methyl sites for hydroxylation is 1. The maximum absolute atomic E-state index is 13.0. The number of aromatic nitrogens is 1. The lowest BCUT2D eigenvalue weighted by atomic mass is 9.94. The highest BCUT2D eigenvalue weighted by molar-refractivity contribution is 6.30. The highest BCUT2D eigenvalue weighted by Crippen LogP contribution is 2.25. The molecule has 1 N–H and O–H groups in total. The van der Waals surface area contributed by atoms with Crippen molar-refractivity contribution >= 4 is 23.4 Å². The molecule has 2 amide bonds. The third-order valence-corrected chi connectivity index (χ3v) is 5.85. The summed E-state index contributed by atoms with van der Waals surface area (Å²) in [6, 6.07) is 18.9. The smallest absolute Gasteiger partial charge is 0.243 e. The van der Waals surface area contributed by atoms with Crippen LogP contribution in [0.5, 0.6) is 0 Å². The molecule has 1 unspecified atom stereocenters.